The van der Waals surface area contributed by atoms with Crippen molar-refractivity contribution < 1.29 is 34.4 Å². The summed E-state index contributed by atoms with van der Waals surface area (Å²) in [6.07, 6.45) is 3.34. The van der Waals surface area contributed by atoms with Crippen LogP contribution in [0.5, 0.6) is 0 Å². The molecule has 1 aromatic carbocycles. The number of amides is 1. The number of allylic oxidation sites excluding steroid dienone is 1. The first-order valence-corrected chi connectivity index (χ1v) is 8.55. The van der Waals surface area contributed by atoms with Gasteiger partial charge in [0.1, 0.15) is 5.92 Å². The maximum Gasteiger partial charge on any atom is 0.336 e. The molecule has 11 nitrogen and oxygen atoms in total. The van der Waals surface area contributed by atoms with Gasteiger partial charge in [0.15, 0.2) is 5.54 Å². The number of nitrogens with one attached hydrogen (secondary N) is 1. The predicted octanol–water partition coefficient (Wildman–Crippen LogP) is 0.418. The number of hydrogen-bond acceptors (Lipinski definition) is 7. The van der Waals surface area contributed by atoms with Crippen LogP contribution in [0.3, 0.4) is 0 Å². The predicted molar refractivity (Wildman–Crippen MR) is 96.0 cm³/mol. The maximum absolute atomic E-state index is 12.3. The summed E-state index contributed by atoms with van der Waals surface area (Å²) in [4.78, 5) is 51.6. The van der Waals surface area contributed by atoms with Crippen LogP contribution >= 0.6 is 0 Å². The van der Waals surface area contributed by atoms with Crippen LogP contribution in [0.1, 0.15) is 15.9 Å². The highest BCUT2D eigenvalue weighted by Crippen LogP contribution is 2.45. The number of carboxylic acid groups (broad SMARTS) is 2. The average molecular weight is 403 g/mol. The van der Waals surface area contributed by atoms with E-state index in [0.29, 0.717) is 5.56 Å². The van der Waals surface area contributed by atoms with Gasteiger partial charge in [0.25, 0.3) is 11.6 Å². The van der Waals surface area contributed by atoms with Gasteiger partial charge in [-0.1, -0.05) is 18.2 Å². The van der Waals surface area contributed by atoms with Crippen LogP contribution in [-0.2, 0) is 21.0 Å². The first-order chi connectivity index (χ1) is 13.8. The molecule has 0 saturated carbocycles. The molecule has 0 bridgehead atoms. The molecule has 0 aromatic heterocycles. The van der Waals surface area contributed by atoms with E-state index in [1.54, 1.807) is 18.2 Å². The molecule has 2 atom stereocenters. The minimum Gasteiger partial charge on any atom is -0.481 e. The monoisotopic (exact) mass is 403 g/mol. The fraction of sp³-hybridized carbons (Fsp3) is 0.278. The molecular weight excluding hydrogens is 386 g/mol. The number of carbonyl (C=O) groups is 3. The summed E-state index contributed by atoms with van der Waals surface area (Å²) >= 11 is 0. The van der Waals surface area contributed by atoms with Crippen molar-refractivity contribution in [3.8, 4) is 0 Å². The molecule has 1 aliphatic carbocycles. The molecule has 29 heavy (non-hydrogen) atoms. The molecule has 0 radical (unpaired) electrons. The van der Waals surface area contributed by atoms with Crippen molar-refractivity contribution in [1.82, 2.24) is 10.4 Å². The van der Waals surface area contributed by atoms with Gasteiger partial charge in [-0.05, 0) is 17.7 Å². The van der Waals surface area contributed by atoms with Crippen LogP contribution in [0, 0.1) is 16.0 Å². The number of hydrogen-bond donors (Lipinski definition) is 3. The number of rotatable bonds is 9. The van der Waals surface area contributed by atoms with Crippen molar-refractivity contribution in [1.29, 1.82) is 0 Å². The van der Waals surface area contributed by atoms with Crippen LogP contribution in [0.25, 0.3) is 0 Å². The molecule has 1 aromatic rings. The summed E-state index contributed by atoms with van der Waals surface area (Å²) in [6.45, 7) is 0.234. The number of carboxylic acids is 2. The minimum atomic E-state index is -1.43. The maximum atomic E-state index is 12.3. The second-order valence-electron chi connectivity index (χ2n) is 6.43. The van der Waals surface area contributed by atoms with E-state index >= 15 is 0 Å². The van der Waals surface area contributed by atoms with Crippen LogP contribution in [0.4, 0.5) is 0 Å². The topological polar surface area (TPSA) is 159 Å². The van der Waals surface area contributed by atoms with E-state index in [1.165, 1.54) is 17.0 Å². The van der Waals surface area contributed by atoms with Gasteiger partial charge in [0, 0.05) is 25.2 Å². The summed E-state index contributed by atoms with van der Waals surface area (Å²) in [7, 11) is 0. The summed E-state index contributed by atoms with van der Waals surface area (Å²) < 4.78 is 0. The molecule has 1 aliphatic heterocycles. The fourth-order valence-electron chi connectivity index (χ4n) is 3.31. The fourth-order valence-corrected chi connectivity index (χ4v) is 3.31. The van der Waals surface area contributed by atoms with Gasteiger partial charge in [0.05, 0.1) is 17.1 Å². The standard InChI is InChI=1S/C18H17N3O8/c22-15(23)13-4-2-1-3-11(13)10-29-19-7-8-20-17(26)18(20)6-5-12(21(27)28)9-14(18)16(24)25/h1-6,9,14,19H,7-8,10H2,(H,22,23)(H,24,25). The zero-order chi connectivity index (χ0) is 21.2. The number of nitro groups is 1. The Hall–Kier alpha value is -3.57. The molecule has 3 rings (SSSR count). The van der Waals surface area contributed by atoms with Crippen molar-refractivity contribution in [2.45, 2.75) is 12.1 Å². The van der Waals surface area contributed by atoms with Crippen molar-refractivity contribution in [3.63, 3.8) is 0 Å². The lowest BCUT2D eigenvalue weighted by Crippen LogP contribution is -2.36. The second-order valence-corrected chi connectivity index (χ2v) is 6.43. The normalized spacial score (nSPS) is 22.5. The Kier molecular flexibility index (Phi) is 5.43. The molecule has 1 amide bonds. The average Bonchev–Trinajstić information content (AvgIpc) is 3.23. The minimum absolute atomic E-state index is 0.0197. The molecular formula is C18H17N3O8. The van der Waals surface area contributed by atoms with Gasteiger partial charge in [-0.25, -0.2) is 10.3 Å². The van der Waals surface area contributed by atoms with Crippen LogP contribution in [0.15, 0.2) is 48.2 Å². The third-order valence-corrected chi connectivity index (χ3v) is 4.80. The first kappa shape index (κ1) is 20.2. The van der Waals surface area contributed by atoms with Gasteiger partial charge in [0.2, 0.25) is 0 Å². The Morgan fingerprint density at radius 2 is 2.03 bits per heavy atom. The smallest absolute Gasteiger partial charge is 0.336 e. The van der Waals surface area contributed by atoms with Crippen molar-refractivity contribution in [2.75, 3.05) is 13.1 Å². The highest BCUT2D eigenvalue weighted by atomic mass is 16.6. The van der Waals surface area contributed by atoms with E-state index in [0.717, 1.165) is 12.2 Å². The molecule has 1 spiro atoms. The molecule has 1 heterocycles. The van der Waals surface area contributed by atoms with Gasteiger partial charge in [-0.2, -0.15) is 0 Å². The van der Waals surface area contributed by atoms with Crippen LogP contribution in [0.2, 0.25) is 0 Å². The van der Waals surface area contributed by atoms with Crippen molar-refractivity contribution in [2.24, 2.45) is 5.92 Å². The molecule has 3 N–H and O–H groups in total. The van der Waals surface area contributed by atoms with E-state index in [-0.39, 0.29) is 31.0 Å². The third kappa shape index (κ3) is 3.73. The molecule has 1 fully saturated rings. The first-order valence-electron chi connectivity index (χ1n) is 8.55. The molecule has 11 heteroatoms. The highest BCUT2D eigenvalue weighted by Gasteiger charge is 2.68. The molecule has 1 saturated heterocycles. The second kappa shape index (κ2) is 7.81. The molecule has 152 valence electrons. The zero-order valence-corrected chi connectivity index (χ0v) is 15.0. The van der Waals surface area contributed by atoms with E-state index in [4.69, 9.17) is 9.94 Å². The number of benzene rings is 1. The zero-order valence-electron chi connectivity index (χ0n) is 15.0. The van der Waals surface area contributed by atoms with Crippen molar-refractivity contribution in [3.05, 3.63) is 69.4 Å². The Balaban J connectivity index is 1.55. The van der Waals surface area contributed by atoms with Gasteiger partial charge >= 0.3 is 11.9 Å². The number of hydroxylamine groups is 1. The summed E-state index contributed by atoms with van der Waals surface area (Å²) in [5.41, 5.74) is 1.38. The van der Waals surface area contributed by atoms with E-state index < -0.39 is 34.2 Å². The highest BCUT2D eigenvalue weighted by molar-refractivity contribution is 6.09. The number of aromatic carboxylic acids is 1. The van der Waals surface area contributed by atoms with Crippen LogP contribution < -0.4 is 5.48 Å². The lowest BCUT2D eigenvalue weighted by molar-refractivity contribution is -0.419. The molecule has 2 unspecified atom stereocenters. The van der Waals surface area contributed by atoms with Gasteiger partial charge in [-0.15, -0.1) is 0 Å². The van der Waals surface area contributed by atoms with Crippen molar-refractivity contribution >= 4 is 17.8 Å². The third-order valence-electron chi connectivity index (χ3n) is 4.80. The summed E-state index contributed by atoms with van der Waals surface area (Å²) in [6, 6.07) is 6.34. The molecule has 2 aliphatic rings. The summed E-state index contributed by atoms with van der Waals surface area (Å²) in [5.74, 6) is -4.22. The Labute approximate surface area is 164 Å². The largest absolute Gasteiger partial charge is 0.481 e. The van der Waals surface area contributed by atoms with E-state index in [9.17, 15) is 29.6 Å². The quantitative estimate of drug-likeness (QED) is 0.230. The van der Waals surface area contributed by atoms with E-state index in [1.807, 2.05) is 0 Å². The lowest BCUT2D eigenvalue weighted by Gasteiger charge is -2.19. The number of aliphatic carboxylic acids is 1. The Morgan fingerprint density at radius 1 is 1.31 bits per heavy atom. The van der Waals surface area contributed by atoms with Crippen LogP contribution in [-0.4, -0.2) is 56.5 Å². The van der Waals surface area contributed by atoms with E-state index in [2.05, 4.69) is 5.48 Å². The SMILES string of the molecule is O=C(O)c1ccccc1CONCCN1C(=O)C12C=CC([N+](=O)[O-])=CC2C(=O)O. The van der Waals surface area contributed by atoms with Gasteiger partial charge in [-0.3, -0.25) is 24.5 Å². The number of nitrogens with zero attached hydrogens (tertiary/aromatic N) is 2. The lowest BCUT2D eigenvalue weighted by atomic mass is 9.86. The Bertz CT molecular complexity index is 941. The van der Waals surface area contributed by atoms with Gasteiger partial charge < -0.3 is 15.1 Å². The Morgan fingerprint density at radius 3 is 2.69 bits per heavy atom. The number of carbonyl (C=O) groups excluding carboxylic acids is 1. The summed E-state index contributed by atoms with van der Waals surface area (Å²) in [5, 5.41) is 29.4.